The number of alkyl carbamates (subject to hydrolysis) is 1. The van der Waals surface area contributed by atoms with Crippen molar-refractivity contribution < 1.29 is 29.0 Å². The molecule has 210 valence electrons. The normalized spacial score (nSPS) is 14.5. The van der Waals surface area contributed by atoms with Crippen molar-refractivity contribution in [1.29, 1.82) is 0 Å². The summed E-state index contributed by atoms with van der Waals surface area (Å²) in [5.74, 6) is -1.89. The van der Waals surface area contributed by atoms with E-state index in [4.69, 9.17) is 9.47 Å². The zero-order valence-corrected chi connectivity index (χ0v) is 23.0. The summed E-state index contributed by atoms with van der Waals surface area (Å²) < 4.78 is 11.4. The average molecular weight is 545 g/mol. The molecule has 1 aliphatic carbocycles. The van der Waals surface area contributed by atoms with Crippen molar-refractivity contribution >= 4 is 18.0 Å². The van der Waals surface area contributed by atoms with Crippen molar-refractivity contribution in [2.45, 2.75) is 57.9 Å². The predicted molar refractivity (Wildman–Crippen MR) is 152 cm³/mol. The lowest BCUT2D eigenvalue weighted by molar-refractivity contribution is -0.146. The van der Waals surface area contributed by atoms with E-state index in [9.17, 15) is 19.5 Å². The fourth-order valence-electron chi connectivity index (χ4n) is 5.02. The Morgan fingerprint density at radius 2 is 1.40 bits per heavy atom. The van der Waals surface area contributed by atoms with Crippen LogP contribution in [0.5, 0.6) is 0 Å². The Morgan fingerprint density at radius 1 is 0.825 bits per heavy atom. The maximum Gasteiger partial charge on any atom is 0.407 e. The SMILES string of the molecule is CC(C)CC(NC(=O)OCC1c2ccccc2-c2ccccc21)C(=O)N[C@@H](C(=O)O)[C@H](C)OCc1ccccc1. The van der Waals surface area contributed by atoms with Crippen LogP contribution in [0.15, 0.2) is 78.9 Å². The molecule has 0 heterocycles. The maximum atomic E-state index is 13.2. The molecule has 0 saturated carbocycles. The van der Waals surface area contributed by atoms with Gasteiger partial charge in [-0.05, 0) is 47.1 Å². The Bertz CT molecular complexity index is 1280. The van der Waals surface area contributed by atoms with Gasteiger partial charge >= 0.3 is 12.1 Å². The molecule has 0 saturated heterocycles. The average Bonchev–Trinajstić information content (AvgIpc) is 3.26. The van der Waals surface area contributed by atoms with E-state index in [0.717, 1.165) is 27.8 Å². The molecular formula is C32H36N2O6. The molecule has 4 rings (SSSR count). The summed E-state index contributed by atoms with van der Waals surface area (Å²) in [6.07, 6.45) is -1.24. The molecular weight excluding hydrogens is 508 g/mol. The Kier molecular flexibility index (Phi) is 9.56. The first kappa shape index (κ1) is 28.8. The van der Waals surface area contributed by atoms with Gasteiger partial charge in [0.05, 0.1) is 12.7 Å². The highest BCUT2D eigenvalue weighted by atomic mass is 16.5. The zero-order valence-electron chi connectivity index (χ0n) is 23.0. The molecule has 8 heteroatoms. The summed E-state index contributed by atoms with van der Waals surface area (Å²) in [6.45, 7) is 5.74. The molecule has 3 aromatic carbocycles. The molecule has 0 fully saturated rings. The second-order valence-electron chi connectivity index (χ2n) is 10.5. The van der Waals surface area contributed by atoms with E-state index >= 15 is 0 Å². The van der Waals surface area contributed by atoms with E-state index < -0.39 is 36.2 Å². The number of nitrogens with one attached hydrogen (secondary N) is 2. The molecule has 1 aliphatic rings. The van der Waals surface area contributed by atoms with Crippen molar-refractivity contribution in [2.75, 3.05) is 6.61 Å². The highest BCUT2D eigenvalue weighted by Gasteiger charge is 2.33. The Morgan fingerprint density at radius 3 is 1.98 bits per heavy atom. The fraction of sp³-hybridized carbons (Fsp3) is 0.344. The number of carboxylic acid groups (broad SMARTS) is 1. The lowest BCUT2D eigenvalue weighted by Gasteiger charge is -2.26. The third kappa shape index (κ3) is 7.07. The van der Waals surface area contributed by atoms with Crippen LogP contribution in [0, 0.1) is 5.92 Å². The summed E-state index contributed by atoms with van der Waals surface area (Å²) in [5, 5.41) is 15.0. The molecule has 8 nitrogen and oxygen atoms in total. The van der Waals surface area contributed by atoms with Crippen LogP contribution >= 0.6 is 0 Å². The van der Waals surface area contributed by atoms with Gasteiger partial charge in [0.25, 0.3) is 0 Å². The molecule has 1 unspecified atom stereocenters. The summed E-state index contributed by atoms with van der Waals surface area (Å²) in [4.78, 5) is 38.1. The standard InChI is InChI=1S/C32H36N2O6/c1-20(2)17-28(30(35)34-29(31(36)37)21(3)39-18-22-11-5-4-6-12-22)33-32(38)40-19-27-25-15-9-7-13-23(25)24-14-8-10-16-26(24)27/h4-16,20-21,27-29H,17-19H2,1-3H3,(H,33,38)(H,34,35)(H,36,37)/t21-,28?,29+/m0/s1. The van der Waals surface area contributed by atoms with Crippen molar-refractivity contribution in [3.63, 3.8) is 0 Å². The number of carboxylic acids is 1. The molecule has 0 aliphatic heterocycles. The van der Waals surface area contributed by atoms with Crippen LogP contribution in [0.25, 0.3) is 11.1 Å². The minimum Gasteiger partial charge on any atom is -0.480 e. The minimum absolute atomic E-state index is 0.0552. The summed E-state index contributed by atoms with van der Waals surface area (Å²) in [7, 11) is 0. The number of aliphatic carboxylic acids is 1. The van der Waals surface area contributed by atoms with Gasteiger partial charge in [0.1, 0.15) is 12.6 Å². The molecule has 2 amide bonds. The van der Waals surface area contributed by atoms with Gasteiger partial charge in [0, 0.05) is 5.92 Å². The van der Waals surface area contributed by atoms with Gasteiger partial charge in [0.15, 0.2) is 6.04 Å². The monoisotopic (exact) mass is 544 g/mol. The van der Waals surface area contributed by atoms with E-state index in [0.29, 0.717) is 6.42 Å². The van der Waals surface area contributed by atoms with Crippen LogP contribution in [0.2, 0.25) is 0 Å². The fourth-order valence-corrected chi connectivity index (χ4v) is 5.02. The quantitative estimate of drug-likeness (QED) is 0.292. The first-order chi connectivity index (χ1) is 19.2. The topological polar surface area (TPSA) is 114 Å². The molecule has 0 aromatic heterocycles. The smallest absolute Gasteiger partial charge is 0.407 e. The van der Waals surface area contributed by atoms with Crippen molar-refractivity contribution in [3.05, 3.63) is 95.6 Å². The van der Waals surface area contributed by atoms with Crippen LogP contribution < -0.4 is 10.6 Å². The predicted octanol–water partition coefficient (Wildman–Crippen LogP) is 5.11. The molecule has 0 spiro atoms. The third-order valence-electron chi connectivity index (χ3n) is 7.05. The molecule has 40 heavy (non-hydrogen) atoms. The first-order valence-corrected chi connectivity index (χ1v) is 13.5. The van der Waals surface area contributed by atoms with Crippen LogP contribution in [0.3, 0.4) is 0 Å². The number of ether oxygens (including phenoxy) is 2. The molecule has 0 bridgehead atoms. The Labute approximate surface area is 234 Å². The Balaban J connectivity index is 1.38. The van der Waals surface area contributed by atoms with Gasteiger partial charge in [-0.15, -0.1) is 0 Å². The molecule has 3 N–H and O–H groups in total. The maximum absolute atomic E-state index is 13.2. The van der Waals surface area contributed by atoms with E-state index in [2.05, 4.69) is 22.8 Å². The Hall–Kier alpha value is -4.17. The number of hydrogen-bond donors (Lipinski definition) is 3. The van der Waals surface area contributed by atoms with E-state index in [1.54, 1.807) is 6.92 Å². The molecule has 3 atom stereocenters. The molecule has 3 aromatic rings. The lowest BCUT2D eigenvalue weighted by Crippen LogP contribution is -2.55. The van der Waals surface area contributed by atoms with Crippen molar-refractivity contribution in [3.8, 4) is 11.1 Å². The van der Waals surface area contributed by atoms with Gasteiger partial charge in [0.2, 0.25) is 5.91 Å². The second-order valence-corrected chi connectivity index (χ2v) is 10.5. The van der Waals surface area contributed by atoms with E-state index in [1.807, 2.05) is 80.6 Å². The summed E-state index contributed by atoms with van der Waals surface area (Å²) in [5.41, 5.74) is 5.29. The summed E-state index contributed by atoms with van der Waals surface area (Å²) >= 11 is 0. The highest BCUT2D eigenvalue weighted by Crippen LogP contribution is 2.44. The zero-order chi connectivity index (χ0) is 28.6. The number of fused-ring (bicyclic) bond motifs is 3. The van der Waals surface area contributed by atoms with Gasteiger partial charge in [-0.3, -0.25) is 4.79 Å². The van der Waals surface area contributed by atoms with E-state index in [1.165, 1.54) is 0 Å². The number of carbonyl (C=O) groups excluding carboxylic acids is 2. The van der Waals surface area contributed by atoms with Crippen LogP contribution in [0.1, 0.15) is 49.8 Å². The van der Waals surface area contributed by atoms with Crippen molar-refractivity contribution in [2.24, 2.45) is 5.92 Å². The van der Waals surface area contributed by atoms with Gasteiger partial charge in [-0.2, -0.15) is 0 Å². The highest BCUT2D eigenvalue weighted by molar-refractivity contribution is 5.89. The largest absolute Gasteiger partial charge is 0.480 e. The van der Waals surface area contributed by atoms with Crippen molar-refractivity contribution in [1.82, 2.24) is 10.6 Å². The summed E-state index contributed by atoms with van der Waals surface area (Å²) in [6, 6.07) is 23.2. The van der Waals surface area contributed by atoms with Crippen LogP contribution in [-0.2, 0) is 25.7 Å². The van der Waals surface area contributed by atoms with Crippen LogP contribution in [-0.4, -0.2) is 47.9 Å². The number of amides is 2. The number of carbonyl (C=O) groups is 3. The number of hydrogen-bond acceptors (Lipinski definition) is 5. The van der Waals surface area contributed by atoms with Gasteiger partial charge in [-0.25, -0.2) is 9.59 Å². The number of benzene rings is 3. The van der Waals surface area contributed by atoms with E-state index in [-0.39, 0.29) is 25.0 Å². The third-order valence-corrected chi connectivity index (χ3v) is 7.05. The molecule has 0 radical (unpaired) electrons. The van der Waals surface area contributed by atoms with Gasteiger partial charge < -0.3 is 25.2 Å². The minimum atomic E-state index is -1.30. The second kappa shape index (κ2) is 13.3. The lowest BCUT2D eigenvalue weighted by atomic mass is 9.98. The van der Waals surface area contributed by atoms with Gasteiger partial charge in [-0.1, -0.05) is 92.7 Å². The first-order valence-electron chi connectivity index (χ1n) is 13.5. The van der Waals surface area contributed by atoms with Crippen LogP contribution in [0.4, 0.5) is 4.79 Å². The number of rotatable bonds is 12.